The van der Waals surface area contributed by atoms with Crippen LogP contribution in [0.2, 0.25) is 0 Å². The predicted octanol–water partition coefficient (Wildman–Crippen LogP) is 2.18. The lowest BCUT2D eigenvalue weighted by atomic mass is 9.98. The maximum atomic E-state index is 12.4. The van der Waals surface area contributed by atoms with Gasteiger partial charge >= 0.3 is 0 Å². The lowest BCUT2D eigenvalue weighted by Gasteiger charge is -2.21. The smallest absolute Gasteiger partial charge is 0.261 e. The first-order valence-electron chi connectivity index (χ1n) is 6.29. The molecule has 18 heavy (non-hydrogen) atoms. The molecule has 5 heteroatoms. The molecule has 0 fully saturated rings. The number of allylic oxidation sites excluding steroid dienone is 1. The molecule has 0 saturated heterocycles. The number of nitrogens with zero attached hydrogens (tertiary/aromatic N) is 2. The van der Waals surface area contributed by atoms with E-state index < -0.39 is 0 Å². The van der Waals surface area contributed by atoms with Gasteiger partial charge in [-0.15, -0.1) is 0 Å². The Labute approximate surface area is 106 Å². The fourth-order valence-corrected chi connectivity index (χ4v) is 2.06. The zero-order valence-corrected chi connectivity index (χ0v) is 10.5. The fraction of sp³-hybridized carbons (Fsp3) is 0.462. The SMILES string of the molecule is CCC(=O)N(C(=O)C1=CCCCC1)c1ccn[nH]1. The van der Waals surface area contributed by atoms with Gasteiger partial charge in [0.1, 0.15) is 5.82 Å². The third kappa shape index (κ3) is 2.50. The highest BCUT2D eigenvalue weighted by molar-refractivity contribution is 6.20. The maximum Gasteiger partial charge on any atom is 0.261 e. The molecule has 0 atom stereocenters. The first-order chi connectivity index (χ1) is 8.74. The summed E-state index contributed by atoms with van der Waals surface area (Å²) in [6.07, 6.45) is 7.56. The van der Waals surface area contributed by atoms with Crippen molar-refractivity contribution in [3.05, 3.63) is 23.9 Å². The number of nitrogens with one attached hydrogen (secondary N) is 1. The van der Waals surface area contributed by atoms with Gasteiger partial charge in [0.05, 0.1) is 6.20 Å². The van der Waals surface area contributed by atoms with Crippen LogP contribution < -0.4 is 4.90 Å². The van der Waals surface area contributed by atoms with Crippen molar-refractivity contribution in [2.75, 3.05) is 4.90 Å². The highest BCUT2D eigenvalue weighted by Gasteiger charge is 2.26. The Balaban J connectivity index is 2.26. The number of rotatable bonds is 3. The lowest BCUT2D eigenvalue weighted by molar-refractivity contribution is -0.124. The summed E-state index contributed by atoms with van der Waals surface area (Å²) in [6.45, 7) is 1.74. The Morgan fingerprint density at radius 2 is 2.28 bits per heavy atom. The van der Waals surface area contributed by atoms with Crippen molar-refractivity contribution in [1.29, 1.82) is 0 Å². The lowest BCUT2D eigenvalue weighted by Crippen LogP contribution is -2.38. The molecular formula is C13H17N3O2. The van der Waals surface area contributed by atoms with Crippen molar-refractivity contribution in [2.24, 2.45) is 0 Å². The zero-order chi connectivity index (χ0) is 13.0. The van der Waals surface area contributed by atoms with E-state index in [-0.39, 0.29) is 18.2 Å². The van der Waals surface area contributed by atoms with E-state index in [1.54, 1.807) is 13.0 Å². The molecule has 1 N–H and O–H groups in total. The number of aromatic amines is 1. The zero-order valence-electron chi connectivity index (χ0n) is 10.5. The number of anilines is 1. The van der Waals surface area contributed by atoms with Gasteiger partial charge in [-0.1, -0.05) is 13.0 Å². The van der Waals surface area contributed by atoms with Crippen molar-refractivity contribution < 1.29 is 9.59 Å². The Kier molecular flexibility index (Phi) is 3.92. The molecule has 0 saturated carbocycles. The number of aromatic nitrogens is 2. The van der Waals surface area contributed by atoms with Crippen LogP contribution in [0.4, 0.5) is 5.82 Å². The van der Waals surface area contributed by atoms with Crippen molar-refractivity contribution in [3.8, 4) is 0 Å². The van der Waals surface area contributed by atoms with Gasteiger partial charge in [0.2, 0.25) is 5.91 Å². The normalized spacial score (nSPS) is 15.1. The molecule has 0 spiro atoms. The molecule has 2 amide bonds. The summed E-state index contributed by atoms with van der Waals surface area (Å²) >= 11 is 0. The second-order valence-electron chi connectivity index (χ2n) is 4.30. The summed E-state index contributed by atoms with van der Waals surface area (Å²) in [7, 11) is 0. The van der Waals surface area contributed by atoms with Crippen LogP contribution in [0.5, 0.6) is 0 Å². The van der Waals surface area contributed by atoms with Gasteiger partial charge < -0.3 is 0 Å². The number of hydrogen-bond acceptors (Lipinski definition) is 3. The summed E-state index contributed by atoms with van der Waals surface area (Å²) in [5.41, 5.74) is 0.734. The second kappa shape index (κ2) is 5.62. The molecule has 0 radical (unpaired) electrons. The van der Waals surface area contributed by atoms with Crippen molar-refractivity contribution >= 4 is 17.6 Å². The first kappa shape index (κ1) is 12.5. The minimum atomic E-state index is -0.217. The summed E-state index contributed by atoms with van der Waals surface area (Å²) in [6, 6.07) is 1.63. The van der Waals surface area contributed by atoms with E-state index in [0.29, 0.717) is 5.82 Å². The Hall–Kier alpha value is -1.91. The average molecular weight is 247 g/mol. The van der Waals surface area contributed by atoms with Crippen LogP contribution in [-0.2, 0) is 9.59 Å². The minimum Gasteiger partial charge on any atom is -0.274 e. The molecule has 1 aliphatic carbocycles. The van der Waals surface area contributed by atoms with Crippen molar-refractivity contribution in [3.63, 3.8) is 0 Å². The van der Waals surface area contributed by atoms with Gasteiger partial charge in [0, 0.05) is 18.1 Å². The highest BCUT2D eigenvalue weighted by Crippen LogP contribution is 2.22. The van der Waals surface area contributed by atoms with Gasteiger partial charge in [0.25, 0.3) is 5.91 Å². The van der Waals surface area contributed by atoms with Gasteiger partial charge in [-0.3, -0.25) is 14.7 Å². The first-order valence-corrected chi connectivity index (χ1v) is 6.29. The van der Waals surface area contributed by atoms with Crippen LogP contribution in [0.3, 0.4) is 0 Å². The molecular weight excluding hydrogens is 230 g/mol. The van der Waals surface area contributed by atoms with Crippen LogP contribution in [0.1, 0.15) is 39.0 Å². The van der Waals surface area contributed by atoms with E-state index in [0.717, 1.165) is 31.3 Å². The van der Waals surface area contributed by atoms with E-state index >= 15 is 0 Å². The van der Waals surface area contributed by atoms with Crippen LogP contribution in [0.15, 0.2) is 23.9 Å². The Morgan fingerprint density at radius 1 is 1.44 bits per heavy atom. The summed E-state index contributed by atoms with van der Waals surface area (Å²) < 4.78 is 0. The molecule has 0 aliphatic heterocycles. The second-order valence-corrected chi connectivity index (χ2v) is 4.30. The van der Waals surface area contributed by atoms with E-state index in [9.17, 15) is 9.59 Å². The predicted molar refractivity (Wildman–Crippen MR) is 67.9 cm³/mol. The minimum absolute atomic E-state index is 0.212. The van der Waals surface area contributed by atoms with Crippen molar-refractivity contribution in [1.82, 2.24) is 10.2 Å². The standard InChI is InChI=1S/C13H17N3O2/c1-2-12(17)16(11-8-9-14-15-11)13(18)10-6-4-3-5-7-10/h6,8-9H,2-5,7H2,1H3,(H,14,15). The molecule has 0 aromatic carbocycles. The topological polar surface area (TPSA) is 66.1 Å². The molecule has 1 aromatic heterocycles. The molecule has 96 valence electrons. The van der Waals surface area contributed by atoms with Crippen LogP contribution in [0, 0.1) is 0 Å². The molecule has 1 aromatic rings. The molecule has 1 aliphatic rings. The number of carbonyl (C=O) groups excluding carboxylic acids is 2. The number of hydrogen-bond donors (Lipinski definition) is 1. The number of imide groups is 1. The fourth-order valence-electron chi connectivity index (χ4n) is 2.06. The summed E-state index contributed by atoms with van der Waals surface area (Å²) in [5.74, 6) is 0.0137. The maximum absolute atomic E-state index is 12.4. The highest BCUT2D eigenvalue weighted by atomic mass is 16.2. The quantitative estimate of drug-likeness (QED) is 0.890. The molecule has 0 unspecified atom stereocenters. The van der Waals surface area contributed by atoms with E-state index in [2.05, 4.69) is 10.2 Å². The Bertz CT molecular complexity index is 463. The van der Waals surface area contributed by atoms with Crippen molar-refractivity contribution in [2.45, 2.75) is 39.0 Å². The largest absolute Gasteiger partial charge is 0.274 e. The third-order valence-electron chi connectivity index (χ3n) is 3.05. The molecule has 2 rings (SSSR count). The monoisotopic (exact) mass is 247 g/mol. The van der Waals surface area contributed by atoms with E-state index in [4.69, 9.17) is 0 Å². The molecule has 0 bridgehead atoms. The number of carbonyl (C=O) groups is 2. The third-order valence-corrected chi connectivity index (χ3v) is 3.05. The van der Waals surface area contributed by atoms with Gasteiger partial charge in [-0.05, 0) is 25.7 Å². The number of H-pyrrole nitrogens is 1. The van der Waals surface area contributed by atoms with E-state index in [1.165, 1.54) is 11.1 Å². The van der Waals surface area contributed by atoms with Gasteiger partial charge in [0.15, 0.2) is 0 Å². The van der Waals surface area contributed by atoms with Gasteiger partial charge in [-0.2, -0.15) is 5.10 Å². The average Bonchev–Trinajstić information content (AvgIpc) is 2.93. The summed E-state index contributed by atoms with van der Waals surface area (Å²) in [5, 5.41) is 6.48. The molecule has 1 heterocycles. The van der Waals surface area contributed by atoms with Crippen LogP contribution in [-0.4, -0.2) is 22.0 Å². The summed E-state index contributed by atoms with van der Waals surface area (Å²) in [4.78, 5) is 25.5. The van der Waals surface area contributed by atoms with Gasteiger partial charge in [-0.25, -0.2) is 4.90 Å². The molecule has 5 nitrogen and oxygen atoms in total. The number of amides is 2. The van der Waals surface area contributed by atoms with Crippen LogP contribution in [0.25, 0.3) is 0 Å². The van der Waals surface area contributed by atoms with Crippen LogP contribution >= 0.6 is 0 Å². The van der Waals surface area contributed by atoms with E-state index in [1.807, 2.05) is 6.08 Å². The Morgan fingerprint density at radius 3 is 2.83 bits per heavy atom.